The number of benzene rings is 2. The highest BCUT2D eigenvalue weighted by molar-refractivity contribution is 5.87. The smallest absolute Gasteiger partial charge is 0.335 e. The lowest BCUT2D eigenvalue weighted by atomic mass is 10.1. The molecule has 0 saturated heterocycles. The maximum atomic E-state index is 13.1. The van der Waals surface area contributed by atoms with Gasteiger partial charge in [0.2, 0.25) is 0 Å². The molecule has 0 fully saturated rings. The standard InChI is InChI=1S/C16H16FNO2/c1-11(14-3-2-4-15(17)9-14)18-10-12-5-7-13(8-6-12)16(19)20/h2-9,11,18H,10H2,1H3,(H,19,20). The minimum atomic E-state index is -0.933. The SMILES string of the molecule is CC(NCc1ccc(C(=O)O)cc1)c1cccc(F)c1. The van der Waals surface area contributed by atoms with E-state index in [1.54, 1.807) is 30.3 Å². The van der Waals surface area contributed by atoms with Gasteiger partial charge in [-0.05, 0) is 42.3 Å². The van der Waals surface area contributed by atoms with Crippen molar-refractivity contribution in [3.8, 4) is 0 Å². The highest BCUT2D eigenvalue weighted by Crippen LogP contribution is 2.14. The molecule has 2 aromatic carbocycles. The number of carboxylic acids is 1. The molecule has 1 unspecified atom stereocenters. The second-order valence-electron chi connectivity index (χ2n) is 4.66. The first-order valence-corrected chi connectivity index (χ1v) is 6.37. The lowest BCUT2D eigenvalue weighted by Gasteiger charge is -2.14. The maximum Gasteiger partial charge on any atom is 0.335 e. The van der Waals surface area contributed by atoms with Crippen LogP contribution in [0.5, 0.6) is 0 Å². The van der Waals surface area contributed by atoms with E-state index in [9.17, 15) is 9.18 Å². The van der Waals surface area contributed by atoms with Crippen molar-refractivity contribution in [2.45, 2.75) is 19.5 Å². The summed E-state index contributed by atoms with van der Waals surface area (Å²) < 4.78 is 13.1. The Bertz CT molecular complexity index is 596. The fourth-order valence-corrected chi connectivity index (χ4v) is 1.93. The number of aromatic carboxylic acids is 1. The van der Waals surface area contributed by atoms with Gasteiger partial charge in [0, 0.05) is 12.6 Å². The van der Waals surface area contributed by atoms with Gasteiger partial charge in [0.05, 0.1) is 5.56 Å². The Morgan fingerprint density at radius 1 is 1.25 bits per heavy atom. The summed E-state index contributed by atoms with van der Waals surface area (Å²) in [5.74, 6) is -1.18. The fourth-order valence-electron chi connectivity index (χ4n) is 1.93. The van der Waals surface area contributed by atoms with E-state index in [1.165, 1.54) is 12.1 Å². The van der Waals surface area contributed by atoms with Crippen LogP contribution in [-0.2, 0) is 6.54 Å². The molecule has 0 aromatic heterocycles. The van der Waals surface area contributed by atoms with E-state index in [0.29, 0.717) is 6.54 Å². The van der Waals surface area contributed by atoms with Crippen molar-refractivity contribution in [3.05, 3.63) is 71.0 Å². The predicted molar refractivity (Wildman–Crippen MR) is 75.1 cm³/mol. The number of hydrogen-bond donors (Lipinski definition) is 2. The number of halogens is 1. The Morgan fingerprint density at radius 2 is 1.95 bits per heavy atom. The van der Waals surface area contributed by atoms with Gasteiger partial charge < -0.3 is 10.4 Å². The molecule has 2 N–H and O–H groups in total. The zero-order chi connectivity index (χ0) is 14.5. The predicted octanol–water partition coefficient (Wildman–Crippen LogP) is 3.37. The topological polar surface area (TPSA) is 49.3 Å². The summed E-state index contributed by atoms with van der Waals surface area (Å²) in [6, 6.07) is 13.2. The molecule has 0 aliphatic rings. The van der Waals surface area contributed by atoms with Crippen LogP contribution in [0, 0.1) is 5.82 Å². The number of nitrogens with one attached hydrogen (secondary N) is 1. The summed E-state index contributed by atoms with van der Waals surface area (Å²) in [4.78, 5) is 10.7. The summed E-state index contributed by atoms with van der Waals surface area (Å²) in [6.07, 6.45) is 0. The Hall–Kier alpha value is -2.20. The van der Waals surface area contributed by atoms with Crippen LogP contribution in [0.1, 0.15) is 34.5 Å². The van der Waals surface area contributed by atoms with Crippen LogP contribution in [0.15, 0.2) is 48.5 Å². The van der Waals surface area contributed by atoms with Crippen molar-refractivity contribution in [2.75, 3.05) is 0 Å². The first kappa shape index (κ1) is 14.2. The van der Waals surface area contributed by atoms with Crippen LogP contribution in [-0.4, -0.2) is 11.1 Å². The van der Waals surface area contributed by atoms with Crippen LogP contribution in [0.25, 0.3) is 0 Å². The van der Waals surface area contributed by atoms with Gasteiger partial charge in [-0.25, -0.2) is 9.18 Å². The number of hydrogen-bond acceptors (Lipinski definition) is 2. The average Bonchev–Trinajstić information content (AvgIpc) is 2.45. The minimum Gasteiger partial charge on any atom is -0.478 e. The zero-order valence-electron chi connectivity index (χ0n) is 11.1. The maximum absolute atomic E-state index is 13.1. The molecule has 1 atom stereocenters. The van der Waals surface area contributed by atoms with Crippen molar-refractivity contribution in [2.24, 2.45) is 0 Å². The molecule has 0 bridgehead atoms. The van der Waals surface area contributed by atoms with E-state index in [1.807, 2.05) is 13.0 Å². The largest absolute Gasteiger partial charge is 0.478 e. The van der Waals surface area contributed by atoms with Crippen molar-refractivity contribution in [3.63, 3.8) is 0 Å². The zero-order valence-corrected chi connectivity index (χ0v) is 11.1. The van der Waals surface area contributed by atoms with Gasteiger partial charge >= 0.3 is 5.97 Å². The highest BCUT2D eigenvalue weighted by Gasteiger charge is 2.06. The van der Waals surface area contributed by atoms with Crippen molar-refractivity contribution in [1.82, 2.24) is 5.32 Å². The second kappa shape index (κ2) is 6.30. The molecule has 0 heterocycles. The molecule has 0 aliphatic heterocycles. The van der Waals surface area contributed by atoms with Gasteiger partial charge in [-0.3, -0.25) is 0 Å². The molecule has 4 heteroatoms. The second-order valence-corrected chi connectivity index (χ2v) is 4.66. The minimum absolute atomic E-state index is 0.0184. The number of carbonyl (C=O) groups is 1. The van der Waals surface area contributed by atoms with Gasteiger partial charge in [-0.1, -0.05) is 24.3 Å². The van der Waals surface area contributed by atoms with Gasteiger partial charge in [-0.15, -0.1) is 0 Å². The fraction of sp³-hybridized carbons (Fsp3) is 0.188. The van der Waals surface area contributed by atoms with E-state index in [-0.39, 0.29) is 17.4 Å². The normalized spacial score (nSPS) is 12.1. The van der Waals surface area contributed by atoms with E-state index < -0.39 is 5.97 Å². The number of carboxylic acid groups (broad SMARTS) is 1. The summed E-state index contributed by atoms with van der Waals surface area (Å²) >= 11 is 0. The third-order valence-electron chi connectivity index (χ3n) is 3.16. The lowest BCUT2D eigenvalue weighted by molar-refractivity contribution is 0.0697. The molecule has 0 aliphatic carbocycles. The third kappa shape index (κ3) is 3.65. The van der Waals surface area contributed by atoms with E-state index >= 15 is 0 Å². The van der Waals surface area contributed by atoms with Gasteiger partial charge in [-0.2, -0.15) is 0 Å². The van der Waals surface area contributed by atoms with Crippen LogP contribution < -0.4 is 5.32 Å². The monoisotopic (exact) mass is 273 g/mol. The first-order chi connectivity index (χ1) is 9.56. The summed E-state index contributed by atoms with van der Waals surface area (Å²) in [5, 5.41) is 12.1. The Morgan fingerprint density at radius 3 is 2.55 bits per heavy atom. The summed E-state index contributed by atoms with van der Waals surface area (Å²) in [7, 11) is 0. The van der Waals surface area contributed by atoms with Crippen LogP contribution in [0.2, 0.25) is 0 Å². The van der Waals surface area contributed by atoms with Gasteiger partial charge in [0.25, 0.3) is 0 Å². The first-order valence-electron chi connectivity index (χ1n) is 6.37. The van der Waals surface area contributed by atoms with Crippen LogP contribution in [0.3, 0.4) is 0 Å². The average molecular weight is 273 g/mol. The third-order valence-corrected chi connectivity index (χ3v) is 3.16. The molecule has 0 saturated carbocycles. The van der Waals surface area contributed by atoms with Crippen LogP contribution >= 0.6 is 0 Å². The van der Waals surface area contributed by atoms with Gasteiger partial charge in [0.1, 0.15) is 5.82 Å². The number of rotatable bonds is 5. The molecule has 2 aromatic rings. The highest BCUT2D eigenvalue weighted by atomic mass is 19.1. The van der Waals surface area contributed by atoms with E-state index in [2.05, 4.69) is 5.32 Å². The molecule has 3 nitrogen and oxygen atoms in total. The Labute approximate surface area is 117 Å². The molecule has 20 heavy (non-hydrogen) atoms. The molecule has 2 rings (SSSR count). The molecular weight excluding hydrogens is 257 g/mol. The van der Waals surface area contributed by atoms with Crippen molar-refractivity contribution in [1.29, 1.82) is 0 Å². The molecule has 0 radical (unpaired) electrons. The quantitative estimate of drug-likeness (QED) is 0.878. The van der Waals surface area contributed by atoms with Crippen molar-refractivity contribution >= 4 is 5.97 Å². The van der Waals surface area contributed by atoms with E-state index in [4.69, 9.17) is 5.11 Å². The molecule has 104 valence electrons. The van der Waals surface area contributed by atoms with Crippen molar-refractivity contribution < 1.29 is 14.3 Å². The summed E-state index contributed by atoms with van der Waals surface area (Å²) in [6.45, 7) is 2.55. The molecule has 0 amide bonds. The lowest BCUT2D eigenvalue weighted by Crippen LogP contribution is -2.18. The van der Waals surface area contributed by atoms with Gasteiger partial charge in [0.15, 0.2) is 0 Å². The van der Waals surface area contributed by atoms with Crippen LogP contribution in [0.4, 0.5) is 4.39 Å². The molecular formula is C16H16FNO2. The Kier molecular flexibility index (Phi) is 4.48. The Balaban J connectivity index is 1.96. The molecule has 0 spiro atoms. The summed E-state index contributed by atoms with van der Waals surface area (Å²) in [5.41, 5.74) is 2.14. The van der Waals surface area contributed by atoms with E-state index in [0.717, 1.165) is 11.1 Å².